The number of benzene rings is 1. The molecule has 2 unspecified atom stereocenters. The van der Waals surface area contributed by atoms with Crippen LogP contribution in [0.2, 0.25) is 0 Å². The molecule has 2 rings (SSSR count). The van der Waals surface area contributed by atoms with Gasteiger partial charge in [-0.3, -0.25) is 15.1 Å². The van der Waals surface area contributed by atoms with Crippen molar-refractivity contribution in [3.63, 3.8) is 0 Å². The Kier molecular flexibility index (Phi) is 4.90. The molecule has 4 N–H and O–H groups in total. The van der Waals surface area contributed by atoms with Crippen molar-refractivity contribution >= 4 is 5.91 Å². The van der Waals surface area contributed by atoms with Crippen LogP contribution in [0, 0.1) is 0 Å². The van der Waals surface area contributed by atoms with E-state index in [0.717, 1.165) is 24.9 Å². The second kappa shape index (κ2) is 6.65. The van der Waals surface area contributed by atoms with E-state index < -0.39 is 0 Å². The quantitative estimate of drug-likeness (QED) is 0.403. The Hall–Kier alpha value is -1.43. The molecular formula is C14H21N3O2. The number of carbonyl (C=O) groups excluding carboxylic acids is 1. The number of hydrazine groups is 1. The highest BCUT2D eigenvalue weighted by Crippen LogP contribution is 2.23. The molecule has 1 heterocycles. The lowest BCUT2D eigenvalue weighted by Crippen LogP contribution is -2.42. The average molecular weight is 263 g/mol. The topological polar surface area (TPSA) is 78.6 Å². The van der Waals surface area contributed by atoms with Crippen LogP contribution in [0.4, 0.5) is 0 Å². The maximum absolute atomic E-state index is 12.0. The van der Waals surface area contributed by atoms with Crippen LogP contribution in [0.3, 0.4) is 0 Å². The van der Waals surface area contributed by atoms with Crippen LogP contribution in [0.15, 0.2) is 30.3 Å². The molecule has 1 aromatic carbocycles. The van der Waals surface area contributed by atoms with Gasteiger partial charge < -0.3 is 5.11 Å². The van der Waals surface area contributed by atoms with Gasteiger partial charge in [0, 0.05) is 12.6 Å². The van der Waals surface area contributed by atoms with E-state index >= 15 is 0 Å². The SMILES string of the molecule is NNC(=O)C(CN1CCCC1CO)c1ccccc1. The second-order valence-corrected chi connectivity index (χ2v) is 4.95. The Bertz CT molecular complexity index is 410. The van der Waals surface area contributed by atoms with Crippen LogP contribution < -0.4 is 11.3 Å². The van der Waals surface area contributed by atoms with Gasteiger partial charge in [0.15, 0.2) is 0 Å². The fraction of sp³-hybridized carbons (Fsp3) is 0.500. The van der Waals surface area contributed by atoms with E-state index in [1.165, 1.54) is 0 Å². The van der Waals surface area contributed by atoms with E-state index in [1.54, 1.807) is 0 Å². The third kappa shape index (κ3) is 3.32. The lowest BCUT2D eigenvalue weighted by atomic mass is 9.97. The monoisotopic (exact) mass is 263 g/mol. The summed E-state index contributed by atoms with van der Waals surface area (Å²) in [5.41, 5.74) is 3.20. The van der Waals surface area contributed by atoms with Crippen LogP contribution in [-0.2, 0) is 4.79 Å². The highest BCUT2D eigenvalue weighted by atomic mass is 16.3. The lowest BCUT2D eigenvalue weighted by molar-refractivity contribution is -0.123. The predicted molar refractivity (Wildman–Crippen MR) is 73.2 cm³/mol. The average Bonchev–Trinajstić information content (AvgIpc) is 2.92. The summed E-state index contributed by atoms with van der Waals surface area (Å²) in [5.74, 6) is 4.81. The molecule has 0 saturated carbocycles. The third-order valence-electron chi connectivity index (χ3n) is 3.79. The molecule has 0 aromatic heterocycles. The summed E-state index contributed by atoms with van der Waals surface area (Å²) in [6, 6.07) is 9.79. The molecule has 2 atom stereocenters. The number of nitrogens with one attached hydrogen (secondary N) is 1. The molecule has 1 saturated heterocycles. The summed E-state index contributed by atoms with van der Waals surface area (Å²) in [4.78, 5) is 14.1. The van der Waals surface area contributed by atoms with Gasteiger partial charge in [0.1, 0.15) is 0 Å². The van der Waals surface area contributed by atoms with Crippen LogP contribution in [0.5, 0.6) is 0 Å². The number of aliphatic hydroxyl groups is 1. The number of likely N-dealkylation sites (tertiary alicyclic amines) is 1. The molecule has 0 spiro atoms. The standard InChI is InChI=1S/C14H21N3O2/c15-16-14(19)13(11-5-2-1-3-6-11)9-17-8-4-7-12(17)10-18/h1-3,5-6,12-13,18H,4,7-10,15H2,(H,16,19). The van der Waals surface area contributed by atoms with Crippen LogP contribution in [-0.4, -0.2) is 41.7 Å². The number of hydrogen-bond acceptors (Lipinski definition) is 4. The fourth-order valence-corrected chi connectivity index (χ4v) is 2.70. The number of rotatable bonds is 5. The van der Waals surface area contributed by atoms with Gasteiger partial charge in [0.2, 0.25) is 5.91 Å². The lowest BCUT2D eigenvalue weighted by Gasteiger charge is -2.27. The highest BCUT2D eigenvalue weighted by Gasteiger charge is 2.29. The molecule has 0 bridgehead atoms. The smallest absolute Gasteiger partial charge is 0.242 e. The van der Waals surface area contributed by atoms with Crippen molar-refractivity contribution in [1.82, 2.24) is 10.3 Å². The van der Waals surface area contributed by atoms with Crippen LogP contribution >= 0.6 is 0 Å². The number of carbonyl (C=O) groups is 1. The van der Waals surface area contributed by atoms with E-state index in [-0.39, 0.29) is 24.5 Å². The maximum Gasteiger partial charge on any atom is 0.242 e. The molecule has 5 heteroatoms. The Morgan fingerprint density at radius 1 is 1.47 bits per heavy atom. The van der Waals surface area contributed by atoms with Gasteiger partial charge in [0.05, 0.1) is 12.5 Å². The zero-order chi connectivity index (χ0) is 13.7. The van der Waals surface area contributed by atoms with Crippen molar-refractivity contribution in [2.24, 2.45) is 5.84 Å². The summed E-state index contributed by atoms with van der Waals surface area (Å²) >= 11 is 0. The number of amides is 1. The second-order valence-electron chi connectivity index (χ2n) is 4.95. The molecule has 104 valence electrons. The molecular weight excluding hydrogens is 242 g/mol. The fourth-order valence-electron chi connectivity index (χ4n) is 2.70. The van der Waals surface area contributed by atoms with Crippen molar-refractivity contribution in [1.29, 1.82) is 0 Å². The third-order valence-corrected chi connectivity index (χ3v) is 3.79. The molecule has 1 amide bonds. The summed E-state index contributed by atoms with van der Waals surface area (Å²) in [5, 5.41) is 9.35. The zero-order valence-corrected chi connectivity index (χ0v) is 11.0. The first-order valence-electron chi connectivity index (χ1n) is 6.66. The minimum atomic E-state index is -0.293. The number of nitrogens with zero attached hydrogens (tertiary/aromatic N) is 1. The Labute approximate surface area is 113 Å². The van der Waals surface area contributed by atoms with Gasteiger partial charge in [-0.05, 0) is 24.9 Å². The number of aliphatic hydroxyl groups excluding tert-OH is 1. The van der Waals surface area contributed by atoms with E-state index in [1.807, 2.05) is 30.3 Å². The minimum Gasteiger partial charge on any atom is -0.395 e. The predicted octanol–water partition coefficient (Wildman–Crippen LogP) is 0.217. The van der Waals surface area contributed by atoms with Crippen LogP contribution in [0.1, 0.15) is 24.3 Å². The van der Waals surface area contributed by atoms with E-state index in [4.69, 9.17) is 5.84 Å². The molecule has 1 aromatic rings. The number of hydrogen-bond donors (Lipinski definition) is 3. The molecule has 1 fully saturated rings. The molecule has 1 aliphatic heterocycles. The Morgan fingerprint density at radius 2 is 2.21 bits per heavy atom. The maximum atomic E-state index is 12.0. The zero-order valence-electron chi connectivity index (χ0n) is 11.0. The largest absolute Gasteiger partial charge is 0.395 e. The van der Waals surface area contributed by atoms with E-state index in [0.29, 0.717) is 6.54 Å². The normalized spacial score (nSPS) is 21.3. The van der Waals surface area contributed by atoms with Crippen molar-refractivity contribution in [2.45, 2.75) is 24.8 Å². The van der Waals surface area contributed by atoms with Gasteiger partial charge >= 0.3 is 0 Å². The van der Waals surface area contributed by atoms with Gasteiger partial charge in [-0.25, -0.2) is 5.84 Å². The highest BCUT2D eigenvalue weighted by molar-refractivity contribution is 5.83. The minimum absolute atomic E-state index is 0.145. The first-order valence-corrected chi connectivity index (χ1v) is 6.66. The molecule has 19 heavy (non-hydrogen) atoms. The molecule has 0 radical (unpaired) electrons. The van der Waals surface area contributed by atoms with Crippen molar-refractivity contribution < 1.29 is 9.90 Å². The number of nitrogens with two attached hydrogens (primary N) is 1. The van der Waals surface area contributed by atoms with Crippen LogP contribution in [0.25, 0.3) is 0 Å². The first-order chi connectivity index (χ1) is 9.26. The molecule has 5 nitrogen and oxygen atoms in total. The van der Waals surface area contributed by atoms with Gasteiger partial charge in [-0.2, -0.15) is 0 Å². The molecule has 0 aliphatic carbocycles. The van der Waals surface area contributed by atoms with Crippen molar-refractivity contribution in [3.8, 4) is 0 Å². The summed E-state index contributed by atoms with van der Waals surface area (Å²) in [7, 11) is 0. The van der Waals surface area contributed by atoms with Gasteiger partial charge in [0.25, 0.3) is 0 Å². The summed E-state index contributed by atoms with van der Waals surface area (Å²) < 4.78 is 0. The van der Waals surface area contributed by atoms with E-state index in [2.05, 4.69) is 10.3 Å². The first kappa shape index (κ1) is 14.0. The summed E-state index contributed by atoms with van der Waals surface area (Å²) in [6.07, 6.45) is 2.05. The Morgan fingerprint density at radius 3 is 2.84 bits per heavy atom. The molecule has 1 aliphatic rings. The van der Waals surface area contributed by atoms with Crippen molar-refractivity contribution in [3.05, 3.63) is 35.9 Å². The van der Waals surface area contributed by atoms with Gasteiger partial charge in [-0.15, -0.1) is 0 Å². The Balaban J connectivity index is 2.13. The van der Waals surface area contributed by atoms with E-state index in [9.17, 15) is 9.90 Å². The summed E-state index contributed by atoms with van der Waals surface area (Å²) in [6.45, 7) is 1.66. The van der Waals surface area contributed by atoms with Crippen molar-refractivity contribution in [2.75, 3.05) is 19.7 Å². The van der Waals surface area contributed by atoms with Gasteiger partial charge in [-0.1, -0.05) is 30.3 Å².